The highest BCUT2D eigenvalue weighted by atomic mass is 32.1. The van der Waals surface area contributed by atoms with E-state index >= 15 is 4.39 Å². The molecule has 3 aromatic heterocycles. The van der Waals surface area contributed by atoms with Crippen molar-refractivity contribution in [1.82, 2.24) is 20.3 Å². The summed E-state index contributed by atoms with van der Waals surface area (Å²) in [5.41, 5.74) is 7.98. The van der Waals surface area contributed by atoms with Gasteiger partial charge in [0.2, 0.25) is 5.95 Å². The summed E-state index contributed by atoms with van der Waals surface area (Å²) in [7, 11) is 3.75. The lowest BCUT2D eigenvalue weighted by molar-refractivity contribution is 0.135. The quantitative estimate of drug-likeness (QED) is 0.410. The third-order valence-electron chi connectivity index (χ3n) is 6.44. The van der Waals surface area contributed by atoms with Gasteiger partial charge >= 0.3 is 0 Å². The number of fused-ring (bicyclic) bond motifs is 4. The number of halogens is 2. The van der Waals surface area contributed by atoms with Crippen molar-refractivity contribution in [3.63, 3.8) is 0 Å². The number of thiophene rings is 1. The minimum absolute atomic E-state index is 0.0959. The molecule has 3 N–H and O–H groups in total. The van der Waals surface area contributed by atoms with E-state index in [9.17, 15) is 9.65 Å². The number of hydrogen-bond acceptors (Lipinski definition) is 9. The number of rotatable bonds is 2. The molecule has 0 aliphatic carbocycles. The Kier molecular flexibility index (Phi) is 6.42. The Morgan fingerprint density at radius 2 is 1.97 bits per heavy atom. The highest BCUT2D eigenvalue weighted by Crippen LogP contribution is 2.45. The first-order chi connectivity index (χ1) is 17.4. The number of pyridine rings is 1. The summed E-state index contributed by atoms with van der Waals surface area (Å²) < 4.78 is 36.6. The van der Waals surface area contributed by atoms with E-state index in [0.29, 0.717) is 22.8 Å². The molecule has 36 heavy (non-hydrogen) atoms. The van der Waals surface area contributed by atoms with Crippen LogP contribution in [0.4, 0.5) is 19.7 Å². The van der Waals surface area contributed by atoms with E-state index < -0.39 is 11.6 Å². The fourth-order valence-corrected chi connectivity index (χ4v) is 5.73. The monoisotopic (exact) mass is 509 g/mol. The third-order valence-corrected chi connectivity index (χ3v) is 7.47. The van der Waals surface area contributed by atoms with E-state index in [2.05, 4.69) is 32.1 Å². The van der Waals surface area contributed by atoms with Gasteiger partial charge < -0.3 is 20.7 Å². The molecule has 11 heteroatoms. The first kappa shape index (κ1) is 24.2. The molecule has 1 aromatic carbocycles. The maximum absolute atomic E-state index is 16.2. The van der Waals surface area contributed by atoms with Crippen LogP contribution in [-0.4, -0.2) is 42.1 Å². The van der Waals surface area contributed by atoms with Gasteiger partial charge in [-0.1, -0.05) is 6.92 Å². The molecular formula is C25H25F2N7OS. The van der Waals surface area contributed by atoms with Gasteiger partial charge in [0.05, 0.1) is 35.4 Å². The molecule has 5 heterocycles. The predicted molar refractivity (Wildman–Crippen MR) is 137 cm³/mol. The lowest BCUT2D eigenvalue weighted by atomic mass is 9.94. The van der Waals surface area contributed by atoms with Gasteiger partial charge in [0, 0.05) is 35.6 Å². The van der Waals surface area contributed by atoms with Gasteiger partial charge in [-0.2, -0.15) is 5.26 Å². The maximum atomic E-state index is 16.2. The van der Waals surface area contributed by atoms with Crippen LogP contribution in [0.25, 0.3) is 32.2 Å². The van der Waals surface area contributed by atoms with Crippen LogP contribution >= 0.6 is 11.3 Å². The van der Waals surface area contributed by atoms with Gasteiger partial charge in [-0.05, 0) is 37.6 Å². The first-order valence-corrected chi connectivity index (χ1v) is 12.4. The van der Waals surface area contributed by atoms with E-state index in [1.807, 2.05) is 20.2 Å². The summed E-state index contributed by atoms with van der Waals surface area (Å²) in [5.74, 6) is -0.193. The van der Waals surface area contributed by atoms with Gasteiger partial charge in [-0.25, -0.2) is 18.7 Å². The second-order valence-electron chi connectivity index (χ2n) is 9.02. The van der Waals surface area contributed by atoms with Crippen molar-refractivity contribution in [3.8, 4) is 17.3 Å². The lowest BCUT2D eigenvalue weighted by Gasteiger charge is -2.18. The average Bonchev–Trinajstić information content (AvgIpc) is 3.59. The Morgan fingerprint density at radius 3 is 2.67 bits per heavy atom. The number of nitrogens with two attached hydrogens (primary N) is 1. The number of aromatic nitrogens is 3. The Balaban J connectivity index is 0.000000848. The highest BCUT2D eigenvalue weighted by Gasteiger charge is 2.30. The number of hydrogen-bond donors (Lipinski definition) is 2. The molecule has 4 aromatic rings. The van der Waals surface area contributed by atoms with Crippen molar-refractivity contribution in [1.29, 1.82) is 5.26 Å². The molecule has 0 radical (unpaired) electrons. The average molecular weight is 510 g/mol. The van der Waals surface area contributed by atoms with Crippen LogP contribution in [0.15, 0.2) is 12.4 Å². The van der Waals surface area contributed by atoms with Crippen molar-refractivity contribution in [2.75, 3.05) is 37.8 Å². The van der Waals surface area contributed by atoms with E-state index in [-0.39, 0.29) is 50.6 Å². The molecule has 186 valence electrons. The number of nitrogen functional groups attached to an aromatic ring is 1. The molecule has 6 rings (SSSR count). The molecule has 1 atom stereocenters. The summed E-state index contributed by atoms with van der Waals surface area (Å²) in [4.78, 5) is 15.4. The zero-order valence-electron chi connectivity index (χ0n) is 20.2. The van der Waals surface area contributed by atoms with Crippen LogP contribution in [-0.2, 0) is 18.0 Å². The van der Waals surface area contributed by atoms with Crippen molar-refractivity contribution >= 4 is 43.3 Å². The van der Waals surface area contributed by atoms with Crippen LogP contribution in [0.3, 0.4) is 0 Å². The summed E-state index contributed by atoms with van der Waals surface area (Å²) in [5, 5.41) is 13.4. The molecule has 2 aliphatic rings. The van der Waals surface area contributed by atoms with Crippen molar-refractivity contribution < 1.29 is 13.5 Å². The zero-order valence-corrected chi connectivity index (χ0v) is 21.0. The molecule has 0 saturated carbocycles. The van der Waals surface area contributed by atoms with Crippen LogP contribution in [0.1, 0.15) is 30.0 Å². The Hall–Kier alpha value is -3.46. The topological polar surface area (TPSA) is 113 Å². The first-order valence-electron chi connectivity index (χ1n) is 11.6. The van der Waals surface area contributed by atoms with Gasteiger partial charge in [-0.15, -0.1) is 11.3 Å². The number of benzene rings is 1. The molecule has 1 unspecified atom stereocenters. The summed E-state index contributed by atoms with van der Waals surface area (Å²) in [6.07, 6.45) is 3.72. The molecule has 0 amide bonds. The zero-order chi connectivity index (χ0) is 25.6. The van der Waals surface area contributed by atoms with Gasteiger partial charge in [0.1, 0.15) is 16.6 Å². The summed E-state index contributed by atoms with van der Waals surface area (Å²) in [6, 6.07) is 2.02. The SMILES string of the molecule is CC1CCN(c2ncc3c4c(c(-c5ncc(F)c6sc(N)c(C#N)c56)c(F)c3n2)COC4)C1.CNC. The smallest absolute Gasteiger partial charge is 0.225 e. The number of anilines is 2. The highest BCUT2D eigenvalue weighted by molar-refractivity contribution is 7.23. The molecule has 1 fully saturated rings. The van der Waals surface area contributed by atoms with E-state index in [1.54, 1.807) is 6.20 Å². The molecule has 0 bridgehead atoms. The normalized spacial score (nSPS) is 16.8. The standard InChI is InChI=1S/C23H18F2N6OS.C2H7N/c1-10-2-3-31(7-10)23-29-5-12-13-8-32-9-14(13)16(18(25)19(12)30-23)20-17-11(4-26)22(27)33-21(17)15(24)6-28-20;1-3-2/h5-6,10H,2-3,7-9,27H2,1H3;3H,1-2H3. The van der Waals surface area contributed by atoms with E-state index in [4.69, 9.17) is 10.5 Å². The van der Waals surface area contributed by atoms with Gasteiger partial charge in [-0.3, -0.25) is 4.98 Å². The molecule has 2 aliphatic heterocycles. The Morgan fingerprint density at radius 1 is 1.22 bits per heavy atom. The second-order valence-corrected chi connectivity index (χ2v) is 10.1. The largest absolute Gasteiger partial charge is 0.389 e. The molecule has 8 nitrogen and oxygen atoms in total. The third kappa shape index (κ3) is 3.82. The summed E-state index contributed by atoms with van der Waals surface area (Å²) in [6.45, 7) is 4.24. The minimum Gasteiger partial charge on any atom is -0.389 e. The number of nitrogens with zero attached hydrogens (tertiary/aromatic N) is 5. The van der Waals surface area contributed by atoms with Crippen molar-refractivity contribution in [2.24, 2.45) is 5.92 Å². The van der Waals surface area contributed by atoms with Crippen LogP contribution in [0, 0.1) is 28.9 Å². The fourth-order valence-electron chi connectivity index (χ4n) is 4.81. The second kappa shape index (κ2) is 9.54. The number of nitriles is 1. The van der Waals surface area contributed by atoms with Gasteiger partial charge in [0.25, 0.3) is 0 Å². The Bertz CT molecular complexity index is 1530. The number of nitrogens with one attached hydrogen (secondary N) is 1. The van der Waals surface area contributed by atoms with Gasteiger partial charge in [0.15, 0.2) is 11.6 Å². The molecular weight excluding hydrogens is 484 g/mol. The van der Waals surface area contributed by atoms with E-state index in [0.717, 1.165) is 42.6 Å². The van der Waals surface area contributed by atoms with Crippen LogP contribution < -0.4 is 16.0 Å². The Labute approximate surface area is 210 Å². The minimum atomic E-state index is -0.603. The van der Waals surface area contributed by atoms with E-state index in [1.165, 1.54) is 0 Å². The van der Waals surface area contributed by atoms with Crippen molar-refractivity contribution in [3.05, 3.63) is 40.7 Å². The fraction of sp³-hybridized carbons (Fsp3) is 0.360. The molecule has 1 saturated heterocycles. The maximum Gasteiger partial charge on any atom is 0.225 e. The predicted octanol–water partition coefficient (Wildman–Crippen LogP) is 4.35. The summed E-state index contributed by atoms with van der Waals surface area (Å²) >= 11 is 0.955. The van der Waals surface area contributed by atoms with Crippen molar-refractivity contribution in [2.45, 2.75) is 26.6 Å². The lowest BCUT2D eigenvalue weighted by Crippen LogP contribution is -2.21. The van der Waals surface area contributed by atoms with Crippen LogP contribution in [0.2, 0.25) is 0 Å². The number of ether oxygens (including phenoxy) is 1. The molecule has 0 spiro atoms. The van der Waals surface area contributed by atoms with Crippen LogP contribution in [0.5, 0.6) is 0 Å².